The molecular weight excluding hydrogens is 546 g/mol. The SMILES string of the molecule is Cc1ccc(-n2c3c(Br)c4c(cc3c3cc5c(c(Br)c32)C2CCC5CC2)C2CCC4CC2)cc1. The van der Waals surface area contributed by atoms with Gasteiger partial charge in [-0.15, -0.1) is 0 Å². The molecule has 172 valence electrons. The lowest BCUT2D eigenvalue weighted by molar-refractivity contribution is 0.358. The first kappa shape index (κ1) is 20.6. The lowest BCUT2D eigenvalue weighted by Gasteiger charge is -2.39. The average molecular weight is 575 g/mol. The summed E-state index contributed by atoms with van der Waals surface area (Å²) in [6.07, 6.45) is 10.9. The Kier molecular flexibility index (Phi) is 4.38. The van der Waals surface area contributed by atoms with E-state index in [2.05, 4.69) is 79.7 Å². The molecule has 4 aromatic rings. The van der Waals surface area contributed by atoms with E-state index in [1.165, 1.54) is 93.4 Å². The zero-order valence-corrected chi connectivity index (χ0v) is 22.8. The molecule has 2 fully saturated rings. The van der Waals surface area contributed by atoms with Crippen molar-refractivity contribution in [2.75, 3.05) is 0 Å². The topological polar surface area (TPSA) is 4.93 Å². The van der Waals surface area contributed by atoms with Crippen molar-refractivity contribution in [2.24, 2.45) is 0 Å². The van der Waals surface area contributed by atoms with Gasteiger partial charge in [0.15, 0.2) is 0 Å². The van der Waals surface area contributed by atoms with E-state index >= 15 is 0 Å². The molecule has 3 aromatic carbocycles. The summed E-state index contributed by atoms with van der Waals surface area (Å²) in [5, 5.41) is 2.89. The summed E-state index contributed by atoms with van der Waals surface area (Å²) in [5.41, 5.74) is 11.8. The van der Waals surface area contributed by atoms with E-state index in [4.69, 9.17) is 0 Å². The first-order chi connectivity index (χ1) is 16.6. The molecule has 3 heteroatoms. The van der Waals surface area contributed by atoms with Crippen LogP contribution in [0.15, 0.2) is 45.3 Å². The number of benzene rings is 3. The minimum Gasteiger partial charge on any atom is -0.307 e. The molecule has 1 heterocycles. The molecule has 0 N–H and O–H groups in total. The van der Waals surface area contributed by atoms with Gasteiger partial charge in [0.05, 0.1) is 11.0 Å². The van der Waals surface area contributed by atoms with Gasteiger partial charge in [0.1, 0.15) is 0 Å². The van der Waals surface area contributed by atoms with Crippen LogP contribution in [-0.2, 0) is 0 Å². The summed E-state index contributed by atoms with van der Waals surface area (Å²) in [4.78, 5) is 0. The standard InChI is InChI=1S/C31H29Br2N/c1-16-2-12-21(13-3-16)34-30-24(14-22-17-4-8-19(9-5-17)26(22)28(30)32)25-15-23-18-6-10-20(11-7-18)27(23)29(33)31(25)34/h2-3,12-15,17-20H,4-11H2,1H3. The van der Waals surface area contributed by atoms with Crippen LogP contribution in [-0.4, -0.2) is 4.57 Å². The van der Waals surface area contributed by atoms with Crippen LogP contribution in [0.1, 0.15) is 103 Å². The summed E-state index contributed by atoms with van der Waals surface area (Å²) in [6, 6.07) is 14.4. The first-order valence-corrected chi connectivity index (χ1v) is 14.8. The molecule has 0 spiro atoms. The summed E-state index contributed by atoms with van der Waals surface area (Å²) in [7, 11) is 0. The molecule has 2 saturated carbocycles. The highest BCUT2D eigenvalue weighted by molar-refractivity contribution is 9.11. The Balaban J connectivity index is 1.56. The summed E-state index contributed by atoms with van der Waals surface area (Å²) in [6.45, 7) is 2.18. The molecule has 1 nitrogen and oxygen atoms in total. The van der Waals surface area contributed by atoms with Crippen LogP contribution in [0, 0.1) is 6.92 Å². The van der Waals surface area contributed by atoms with Gasteiger partial charge in [-0.2, -0.15) is 0 Å². The maximum atomic E-state index is 4.22. The maximum Gasteiger partial charge on any atom is 0.0686 e. The van der Waals surface area contributed by atoms with Crippen LogP contribution < -0.4 is 0 Å². The Morgan fingerprint density at radius 2 is 1.03 bits per heavy atom. The lowest BCUT2D eigenvalue weighted by atomic mass is 9.66. The molecule has 34 heavy (non-hydrogen) atoms. The third-order valence-electron chi connectivity index (χ3n) is 9.80. The molecule has 6 aliphatic rings. The first-order valence-electron chi connectivity index (χ1n) is 13.2. The Morgan fingerprint density at radius 3 is 1.47 bits per heavy atom. The Hall–Kier alpha value is -1.58. The highest BCUT2D eigenvalue weighted by Crippen LogP contribution is 2.57. The maximum absolute atomic E-state index is 4.22. The van der Waals surface area contributed by atoms with Crippen LogP contribution >= 0.6 is 31.9 Å². The van der Waals surface area contributed by atoms with Gasteiger partial charge >= 0.3 is 0 Å². The number of hydrogen-bond donors (Lipinski definition) is 0. The number of aromatic nitrogens is 1. The highest BCUT2D eigenvalue weighted by Gasteiger charge is 2.38. The molecule has 0 radical (unpaired) electrons. The summed E-state index contributed by atoms with van der Waals surface area (Å²) < 4.78 is 5.29. The highest BCUT2D eigenvalue weighted by atomic mass is 79.9. The fourth-order valence-corrected chi connectivity index (χ4v) is 10.0. The molecule has 6 aliphatic carbocycles. The Labute approximate surface area is 218 Å². The number of aryl methyl sites for hydroxylation is 1. The molecule has 0 unspecified atom stereocenters. The zero-order valence-electron chi connectivity index (χ0n) is 19.6. The molecule has 0 saturated heterocycles. The third kappa shape index (κ3) is 2.61. The number of rotatable bonds is 1. The Bertz CT molecular complexity index is 1400. The van der Waals surface area contributed by atoms with Gasteiger partial charge in [0, 0.05) is 25.4 Å². The van der Waals surface area contributed by atoms with Crippen molar-refractivity contribution in [3.63, 3.8) is 0 Å². The molecule has 0 amide bonds. The van der Waals surface area contributed by atoms with Gasteiger partial charge in [-0.3, -0.25) is 0 Å². The summed E-state index contributed by atoms with van der Waals surface area (Å²) >= 11 is 8.44. The molecule has 0 aliphatic heterocycles. The minimum atomic E-state index is 0.718. The van der Waals surface area contributed by atoms with E-state index in [0.717, 1.165) is 23.7 Å². The molecule has 10 rings (SSSR count). The van der Waals surface area contributed by atoms with E-state index in [1.54, 1.807) is 22.3 Å². The fraction of sp³-hybridized carbons (Fsp3) is 0.419. The van der Waals surface area contributed by atoms with Gasteiger partial charge in [-0.05, 0) is 160 Å². The van der Waals surface area contributed by atoms with Crippen molar-refractivity contribution >= 4 is 53.7 Å². The lowest BCUT2D eigenvalue weighted by Crippen LogP contribution is -2.22. The molecule has 0 atom stereocenters. The minimum absolute atomic E-state index is 0.718. The van der Waals surface area contributed by atoms with Crippen molar-refractivity contribution < 1.29 is 0 Å². The third-order valence-corrected chi connectivity index (χ3v) is 11.4. The molecular formula is C31H29Br2N. The Morgan fingerprint density at radius 1 is 0.618 bits per heavy atom. The molecule has 4 bridgehead atoms. The molecule has 1 aromatic heterocycles. The predicted octanol–water partition coefficient (Wildman–Crippen LogP) is 10.1. The van der Waals surface area contributed by atoms with Gasteiger partial charge < -0.3 is 4.57 Å². The average Bonchev–Trinajstić information content (AvgIpc) is 3.21. The number of fused-ring (bicyclic) bond motifs is 7. The second-order valence-corrected chi connectivity index (χ2v) is 13.0. The second-order valence-electron chi connectivity index (χ2n) is 11.4. The summed E-state index contributed by atoms with van der Waals surface area (Å²) in [5.74, 6) is 2.93. The van der Waals surface area contributed by atoms with Crippen LogP contribution in [0.4, 0.5) is 0 Å². The fourth-order valence-electron chi connectivity index (χ4n) is 8.15. The second kappa shape index (κ2) is 7.23. The van der Waals surface area contributed by atoms with Crippen molar-refractivity contribution in [1.82, 2.24) is 4.57 Å². The smallest absolute Gasteiger partial charge is 0.0686 e. The van der Waals surface area contributed by atoms with Crippen LogP contribution in [0.2, 0.25) is 0 Å². The van der Waals surface area contributed by atoms with Crippen molar-refractivity contribution in [3.8, 4) is 5.69 Å². The van der Waals surface area contributed by atoms with E-state index in [9.17, 15) is 0 Å². The number of nitrogens with zero attached hydrogens (tertiary/aromatic N) is 1. The van der Waals surface area contributed by atoms with E-state index in [1.807, 2.05) is 0 Å². The zero-order chi connectivity index (χ0) is 22.7. The van der Waals surface area contributed by atoms with E-state index in [-0.39, 0.29) is 0 Å². The monoisotopic (exact) mass is 573 g/mol. The van der Waals surface area contributed by atoms with Crippen molar-refractivity contribution in [1.29, 1.82) is 0 Å². The van der Waals surface area contributed by atoms with E-state index in [0.29, 0.717) is 0 Å². The van der Waals surface area contributed by atoms with Gasteiger partial charge in [0.25, 0.3) is 0 Å². The van der Waals surface area contributed by atoms with Crippen molar-refractivity contribution in [3.05, 3.63) is 73.2 Å². The normalized spacial score (nSPS) is 26.9. The van der Waals surface area contributed by atoms with Crippen LogP contribution in [0.5, 0.6) is 0 Å². The quantitative estimate of drug-likeness (QED) is 0.213. The van der Waals surface area contributed by atoms with Crippen LogP contribution in [0.25, 0.3) is 27.5 Å². The van der Waals surface area contributed by atoms with Gasteiger partial charge in [-0.25, -0.2) is 0 Å². The largest absolute Gasteiger partial charge is 0.307 e. The van der Waals surface area contributed by atoms with E-state index < -0.39 is 0 Å². The predicted molar refractivity (Wildman–Crippen MR) is 149 cm³/mol. The van der Waals surface area contributed by atoms with Gasteiger partial charge in [-0.1, -0.05) is 17.7 Å². The van der Waals surface area contributed by atoms with Gasteiger partial charge in [0.2, 0.25) is 0 Å². The van der Waals surface area contributed by atoms with Crippen molar-refractivity contribution in [2.45, 2.75) is 82.0 Å². The number of hydrogen-bond acceptors (Lipinski definition) is 0. The number of halogens is 2. The van der Waals surface area contributed by atoms with Crippen LogP contribution in [0.3, 0.4) is 0 Å².